The molecule has 6 N–H and O–H groups in total. The number of aliphatic hydroxyl groups is 3. The Balaban J connectivity index is 1.61. The Morgan fingerprint density at radius 1 is 1.20 bits per heavy atom. The van der Waals surface area contributed by atoms with Crippen molar-refractivity contribution in [2.75, 3.05) is 25.1 Å². The maximum absolute atomic E-state index is 12.1. The summed E-state index contributed by atoms with van der Waals surface area (Å²) in [5.41, 5.74) is -2.57. The lowest BCUT2D eigenvalue weighted by Crippen LogP contribution is -2.52. The number of aromatic nitrogens is 4. The van der Waals surface area contributed by atoms with Crippen LogP contribution in [-0.2, 0) is 25.5 Å². The number of nitrogens with zero attached hydrogens (tertiary/aromatic N) is 4. The average Bonchev–Trinajstić information content (AvgIpc) is 3.61. The molecule has 0 bridgehead atoms. The number of terminal acetylenes is 1. The summed E-state index contributed by atoms with van der Waals surface area (Å²) in [6.45, 7) is -1.61. The number of hydrogen-bond acceptors (Lipinski definition) is 11. The van der Waals surface area contributed by atoms with Gasteiger partial charge in [0, 0.05) is 6.42 Å². The molecule has 0 radical (unpaired) electrons. The van der Waals surface area contributed by atoms with Crippen molar-refractivity contribution >= 4 is 40.5 Å². The fraction of sp³-hybridized carbons (Fsp3) is 0.423. The molecule has 1 aromatic carbocycles. The number of benzene rings is 1. The van der Waals surface area contributed by atoms with E-state index < -0.39 is 61.1 Å². The van der Waals surface area contributed by atoms with Crippen LogP contribution in [0.1, 0.15) is 24.6 Å². The van der Waals surface area contributed by atoms with Gasteiger partial charge in [-0.05, 0) is 30.0 Å². The maximum Gasteiger partial charge on any atom is 0.348 e. The van der Waals surface area contributed by atoms with Crippen LogP contribution in [0.3, 0.4) is 0 Å². The molecule has 15 heteroatoms. The molecule has 0 unspecified atom stereocenters. The summed E-state index contributed by atoms with van der Waals surface area (Å²) >= 11 is 6.14. The van der Waals surface area contributed by atoms with Gasteiger partial charge in [-0.15, -0.1) is 6.42 Å². The Morgan fingerprint density at radius 3 is 2.44 bits per heavy atom. The van der Waals surface area contributed by atoms with Crippen molar-refractivity contribution in [1.29, 1.82) is 0 Å². The van der Waals surface area contributed by atoms with Crippen LogP contribution in [0, 0.1) is 12.3 Å². The van der Waals surface area contributed by atoms with E-state index in [9.17, 15) is 35.1 Å². The second-order valence-electron chi connectivity index (χ2n) is 9.58. The summed E-state index contributed by atoms with van der Waals surface area (Å²) in [4.78, 5) is 36.9. The lowest BCUT2D eigenvalue weighted by Gasteiger charge is -2.30. The number of fused-ring (bicyclic) bond motifs is 1. The van der Waals surface area contributed by atoms with Gasteiger partial charge in [-0.1, -0.05) is 36.3 Å². The summed E-state index contributed by atoms with van der Waals surface area (Å²) in [5.74, 6) is -1.16. The second-order valence-corrected chi connectivity index (χ2v) is 9.92. The average molecular weight is 590 g/mol. The molecule has 14 nitrogen and oxygen atoms in total. The van der Waals surface area contributed by atoms with Crippen LogP contribution < -0.4 is 5.32 Å². The molecule has 1 saturated carbocycles. The minimum Gasteiger partial charge on any atom is -0.479 e. The third-order valence-electron chi connectivity index (χ3n) is 6.69. The van der Waals surface area contributed by atoms with Crippen LogP contribution in [0.4, 0.5) is 5.82 Å². The number of aliphatic hydroxyl groups excluding tert-OH is 3. The Hall–Kier alpha value is -3.84. The van der Waals surface area contributed by atoms with E-state index in [1.165, 1.54) is 10.9 Å². The molecule has 4 rings (SSSR count). The van der Waals surface area contributed by atoms with Gasteiger partial charge in [0.1, 0.15) is 6.10 Å². The van der Waals surface area contributed by atoms with Gasteiger partial charge in [-0.3, -0.25) is 4.57 Å². The monoisotopic (exact) mass is 589 g/mol. The van der Waals surface area contributed by atoms with Gasteiger partial charge in [0.15, 0.2) is 29.3 Å². The smallest absolute Gasteiger partial charge is 0.348 e. The number of hydrogen-bond donors (Lipinski definition) is 6. The van der Waals surface area contributed by atoms with Gasteiger partial charge in [0.25, 0.3) is 5.60 Å². The van der Waals surface area contributed by atoms with E-state index in [1.54, 1.807) is 30.3 Å². The van der Waals surface area contributed by atoms with E-state index in [0.29, 0.717) is 18.4 Å². The topological polar surface area (TPSA) is 209 Å². The van der Waals surface area contributed by atoms with Gasteiger partial charge >= 0.3 is 11.9 Å². The zero-order chi connectivity index (χ0) is 29.8. The molecule has 41 heavy (non-hydrogen) atoms. The van der Waals surface area contributed by atoms with Gasteiger partial charge in [0.05, 0.1) is 31.7 Å². The SMILES string of the molecule is C#C[C@@H](O)[C@@H](O[C@@H](CO)COC(Cc1ccccc1)(C(=O)O)C(=O)O)n1cnc2c(NC3(CO)CC3)nc(Cl)nc21. The number of carbonyl (C=O) groups is 2. The molecular formula is C26H28ClN5O9. The van der Waals surface area contributed by atoms with E-state index in [0.717, 1.165) is 0 Å². The third-order valence-corrected chi connectivity index (χ3v) is 6.86. The largest absolute Gasteiger partial charge is 0.479 e. The van der Waals surface area contributed by atoms with Gasteiger partial charge in [0.2, 0.25) is 5.28 Å². The van der Waals surface area contributed by atoms with Gasteiger partial charge in [-0.25, -0.2) is 14.6 Å². The Kier molecular flexibility index (Phi) is 9.08. The van der Waals surface area contributed by atoms with Crippen molar-refractivity contribution in [3.05, 3.63) is 47.5 Å². The van der Waals surface area contributed by atoms with Crippen molar-refractivity contribution in [2.24, 2.45) is 0 Å². The summed E-state index contributed by atoms with van der Waals surface area (Å²) in [6.07, 6.45) is 3.15. The molecule has 0 aliphatic heterocycles. The van der Waals surface area contributed by atoms with Crippen molar-refractivity contribution in [3.8, 4) is 12.3 Å². The predicted octanol–water partition coefficient (Wildman–Crippen LogP) is 0.454. The maximum atomic E-state index is 12.1. The molecule has 2 heterocycles. The molecular weight excluding hydrogens is 562 g/mol. The zero-order valence-corrected chi connectivity index (χ0v) is 22.3. The number of aliphatic carboxylic acids is 2. The summed E-state index contributed by atoms with van der Waals surface area (Å²) in [7, 11) is 0. The lowest BCUT2D eigenvalue weighted by atomic mass is 9.94. The van der Waals surface area contributed by atoms with Gasteiger partial charge < -0.3 is 40.3 Å². The van der Waals surface area contributed by atoms with Crippen LogP contribution in [0.5, 0.6) is 0 Å². The van der Waals surface area contributed by atoms with Crippen LogP contribution >= 0.6 is 11.6 Å². The molecule has 0 saturated heterocycles. The third kappa shape index (κ3) is 6.41. The molecule has 0 spiro atoms. The Morgan fingerprint density at radius 2 is 1.88 bits per heavy atom. The highest BCUT2D eigenvalue weighted by molar-refractivity contribution is 6.28. The number of imidazole rings is 1. The molecule has 0 amide bonds. The first-order valence-corrected chi connectivity index (χ1v) is 12.8. The molecule has 1 aliphatic carbocycles. The highest BCUT2D eigenvalue weighted by atomic mass is 35.5. The van der Waals surface area contributed by atoms with Crippen LogP contribution in [0.15, 0.2) is 36.7 Å². The van der Waals surface area contributed by atoms with Crippen molar-refractivity contribution < 1.29 is 44.6 Å². The first kappa shape index (κ1) is 30.1. The quantitative estimate of drug-likeness (QED) is 0.0809. The minimum absolute atomic E-state index is 0.0904. The number of ether oxygens (including phenoxy) is 2. The number of carboxylic acids is 2. The standard InChI is InChI=1S/C26H28ClN5O9/c1-2-17(35)21(32-14-28-18-19(29-24(27)30-20(18)32)31-25(13-34)8-9-25)41-16(11-33)12-40-26(22(36)37,23(38)39)10-15-6-4-3-5-7-15/h1,3-7,14,16-17,21,33-35H,8-13H2,(H,36,37)(H,38,39)(H,29,30,31)/t16-,17+,21+/m0/s1. The van der Waals surface area contributed by atoms with Crippen molar-refractivity contribution in [3.63, 3.8) is 0 Å². The number of halogens is 1. The van der Waals surface area contributed by atoms with E-state index >= 15 is 0 Å². The molecule has 218 valence electrons. The van der Waals surface area contributed by atoms with E-state index in [2.05, 4.69) is 26.2 Å². The van der Waals surface area contributed by atoms with Crippen molar-refractivity contribution in [2.45, 2.75) is 48.8 Å². The van der Waals surface area contributed by atoms with E-state index in [1.807, 2.05) is 0 Å². The number of carboxylic acid groups (broad SMARTS) is 2. The van der Waals surface area contributed by atoms with E-state index in [-0.39, 0.29) is 28.9 Å². The first-order chi connectivity index (χ1) is 19.6. The summed E-state index contributed by atoms with van der Waals surface area (Å²) < 4.78 is 12.5. The fourth-order valence-electron chi connectivity index (χ4n) is 4.13. The van der Waals surface area contributed by atoms with Crippen LogP contribution in [-0.4, -0.2) is 100 Å². The van der Waals surface area contributed by atoms with Crippen LogP contribution in [0.2, 0.25) is 5.28 Å². The highest BCUT2D eigenvalue weighted by Gasteiger charge is 2.49. The molecule has 3 aromatic rings. The first-order valence-electron chi connectivity index (χ1n) is 12.4. The van der Waals surface area contributed by atoms with Crippen molar-refractivity contribution in [1.82, 2.24) is 19.5 Å². The van der Waals surface area contributed by atoms with E-state index in [4.69, 9.17) is 27.5 Å². The highest BCUT2D eigenvalue weighted by Crippen LogP contribution is 2.39. The molecule has 2 aromatic heterocycles. The fourth-order valence-corrected chi connectivity index (χ4v) is 4.29. The molecule has 1 fully saturated rings. The number of rotatable bonds is 15. The zero-order valence-electron chi connectivity index (χ0n) is 21.6. The predicted molar refractivity (Wildman–Crippen MR) is 143 cm³/mol. The van der Waals surface area contributed by atoms with Crippen LogP contribution in [0.25, 0.3) is 11.2 Å². The Labute approximate surface area is 238 Å². The lowest BCUT2D eigenvalue weighted by molar-refractivity contribution is -0.195. The molecule has 3 atom stereocenters. The van der Waals surface area contributed by atoms with Gasteiger partial charge in [-0.2, -0.15) is 9.97 Å². The molecule has 1 aliphatic rings. The normalized spacial score (nSPS) is 16.5. The second kappa shape index (κ2) is 12.4. The Bertz CT molecular complexity index is 1430. The number of nitrogens with one attached hydrogen (secondary N) is 1. The number of anilines is 1. The minimum atomic E-state index is -2.70. The summed E-state index contributed by atoms with van der Waals surface area (Å²) in [5, 5.41) is 52.9. The summed E-state index contributed by atoms with van der Waals surface area (Å²) in [6, 6.07) is 8.03.